The molecule has 130 valence electrons. The van der Waals surface area contributed by atoms with Crippen LogP contribution in [0.4, 0.5) is 0 Å². The van der Waals surface area contributed by atoms with E-state index in [0.29, 0.717) is 12.1 Å². The summed E-state index contributed by atoms with van der Waals surface area (Å²) >= 11 is 6.32. The highest BCUT2D eigenvalue weighted by atomic mass is 35.5. The molecule has 1 aromatic heterocycles. The van der Waals surface area contributed by atoms with Crippen molar-refractivity contribution in [2.45, 2.75) is 44.2 Å². The molecular formula is C21H24ClN2O+. The lowest BCUT2D eigenvalue weighted by atomic mass is 9.79. The van der Waals surface area contributed by atoms with E-state index in [4.69, 9.17) is 21.3 Å². The number of aryl methyl sites for hydroxylation is 1. The van der Waals surface area contributed by atoms with Gasteiger partial charge in [-0.05, 0) is 48.9 Å². The van der Waals surface area contributed by atoms with E-state index in [1.54, 1.807) is 7.11 Å². The molecule has 5 rings (SSSR count). The Morgan fingerprint density at radius 3 is 2.96 bits per heavy atom. The lowest BCUT2D eigenvalue weighted by Gasteiger charge is -2.53. The number of pyridine rings is 1. The van der Waals surface area contributed by atoms with Crippen LogP contribution in [0.2, 0.25) is 5.02 Å². The maximum absolute atomic E-state index is 6.32. The maximum Gasteiger partial charge on any atom is 0.158 e. The monoisotopic (exact) mass is 355 g/mol. The molecule has 0 N–H and O–H groups in total. The summed E-state index contributed by atoms with van der Waals surface area (Å²) in [6, 6.07) is 7.32. The van der Waals surface area contributed by atoms with E-state index >= 15 is 0 Å². The number of nitrogens with zero attached hydrogens (tertiary/aromatic N) is 2. The summed E-state index contributed by atoms with van der Waals surface area (Å²) in [5.41, 5.74) is 6.98. The standard InChI is InChI=1S/C21H24ClN2O/c1-24-10-4-3-5-17(24)19-16-8-6-13-11-14(22)7-9-15(13)21(24)20(16)23-12-18(19)25-2/h7,9,11-12,17,21H,3-6,8,10H2,1-2H3/q+1. The van der Waals surface area contributed by atoms with Crippen LogP contribution in [0, 0.1) is 0 Å². The van der Waals surface area contributed by atoms with Crippen LogP contribution in [0.3, 0.4) is 0 Å². The molecule has 2 aromatic rings. The van der Waals surface area contributed by atoms with E-state index in [0.717, 1.165) is 28.1 Å². The molecule has 3 heterocycles. The molecule has 4 bridgehead atoms. The van der Waals surface area contributed by atoms with Gasteiger partial charge in [0.25, 0.3) is 0 Å². The molecule has 0 spiro atoms. The normalized spacial score (nSPS) is 29.4. The SMILES string of the molecule is COc1cnc2c3c1C1CCCC[N+]1(C)C2c1ccc(Cl)cc1CC3. The molecule has 3 unspecified atom stereocenters. The van der Waals surface area contributed by atoms with Gasteiger partial charge in [0.15, 0.2) is 6.04 Å². The highest BCUT2D eigenvalue weighted by Gasteiger charge is 2.53. The van der Waals surface area contributed by atoms with Crippen LogP contribution in [0.5, 0.6) is 5.75 Å². The van der Waals surface area contributed by atoms with Gasteiger partial charge in [0.05, 0.1) is 32.5 Å². The van der Waals surface area contributed by atoms with Crippen molar-refractivity contribution in [2.24, 2.45) is 0 Å². The lowest BCUT2D eigenvalue weighted by Crippen LogP contribution is -2.55. The predicted octanol–water partition coefficient (Wildman–Crippen LogP) is 4.62. The fourth-order valence-electron chi connectivity index (χ4n) is 5.64. The minimum atomic E-state index is 0.327. The number of methoxy groups -OCH3 is 1. The van der Waals surface area contributed by atoms with Gasteiger partial charge in [-0.3, -0.25) is 4.98 Å². The van der Waals surface area contributed by atoms with Gasteiger partial charge in [-0.25, -0.2) is 0 Å². The fourth-order valence-corrected chi connectivity index (χ4v) is 5.83. The quantitative estimate of drug-likeness (QED) is 0.696. The van der Waals surface area contributed by atoms with E-state index in [9.17, 15) is 0 Å². The van der Waals surface area contributed by atoms with E-state index < -0.39 is 0 Å². The Morgan fingerprint density at radius 2 is 2.12 bits per heavy atom. The van der Waals surface area contributed by atoms with Crippen molar-refractivity contribution in [3.63, 3.8) is 0 Å². The van der Waals surface area contributed by atoms with Gasteiger partial charge in [0.2, 0.25) is 0 Å². The van der Waals surface area contributed by atoms with E-state index in [-0.39, 0.29) is 0 Å². The van der Waals surface area contributed by atoms with Crippen LogP contribution in [0.15, 0.2) is 24.4 Å². The smallest absolute Gasteiger partial charge is 0.158 e. The molecule has 3 aliphatic rings. The Labute approximate surface area is 154 Å². The van der Waals surface area contributed by atoms with Crippen molar-refractivity contribution in [3.05, 3.63) is 57.4 Å². The summed E-state index contributed by atoms with van der Waals surface area (Å²) in [7, 11) is 4.22. The number of hydrogen-bond donors (Lipinski definition) is 0. The summed E-state index contributed by atoms with van der Waals surface area (Å²) < 4.78 is 6.80. The first-order valence-electron chi connectivity index (χ1n) is 9.32. The number of aromatic nitrogens is 1. The molecule has 25 heavy (non-hydrogen) atoms. The minimum absolute atomic E-state index is 0.327. The minimum Gasteiger partial charge on any atom is -0.495 e. The number of hydrogen-bond acceptors (Lipinski definition) is 2. The van der Waals surface area contributed by atoms with Crippen LogP contribution < -0.4 is 4.74 Å². The third kappa shape index (κ3) is 2.06. The number of benzene rings is 1. The van der Waals surface area contributed by atoms with Crippen LogP contribution in [-0.2, 0) is 12.8 Å². The first kappa shape index (κ1) is 15.7. The second-order valence-corrected chi connectivity index (χ2v) is 8.37. The largest absolute Gasteiger partial charge is 0.495 e. The number of rotatable bonds is 1. The molecule has 3 atom stereocenters. The molecule has 1 aromatic carbocycles. The number of piperidine rings is 1. The zero-order valence-corrected chi connectivity index (χ0v) is 15.6. The van der Waals surface area contributed by atoms with Crippen LogP contribution in [0.25, 0.3) is 0 Å². The van der Waals surface area contributed by atoms with Crippen LogP contribution >= 0.6 is 11.6 Å². The van der Waals surface area contributed by atoms with Gasteiger partial charge >= 0.3 is 0 Å². The highest BCUT2D eigenvalue weighted by Crippen LogP contribution is 2.56. The van der Waals surface area contributed by atoms with E-state index in [2.05, 4.69) is 25.2 Å². The predicted molar refractivity (Wildman–Crippen MR) is 99.1 cm³/mol. The molecule has 3 nitrogen and oxygen atoms in total. The summed E-state index contributed by atoms with van der Waals surface area (Å²) in [4.78, 5) is 4.93. The second-order valence-electron chi connectivity index (χ2n) is 7.93. The van der Waals surface area contributed by atoms with Crippen LogP contribution in [0.1, 0.15) is 59.3 Å². The van der Waals surface area contributed by atoms with Crippen molar-refractivity contribution in [2.75, 3.05) is 20.7 Å². The first-order valence-corrected chi connectivity index (χ1v) is 9.70. The summed E-state index contributed by atoms with van der Waals surface area (Å²) in [5.74, 6) is 0.984. The van der Waals surface area contributed by atoms with Crippen molar-refractivity contribution in [1.82, 2.24) is 4.98 Å². The molecule has 2 aliphatic heterocycles. The summed E-state index contributed by atoms with van der Waals surface area (Å²) in [5, 5.41) is 0.839. The van der Waals surface area contributed by atoms with E-state index in [1.807, 2.05) is 6.20 Å². The van der Waals surface area contributed by atoms with Gasteiger partial charge in [-0.2, -0.15) is 0 Å². The van der Waals surface area contributed by atoms with Crippen molar-refractivity contribution < 1.29 is 9.22 Å². The summed E-state index contributed by atoms with van der Waals surface area (Å²) in [6.07, 6.45) is 7.86. The van der Waals surface area contributed by atoms with Crippen molar-refractivity contribution in [3.8, 4) is 5.75 Å². The van der Waals surface area contributed by atoms with Crippen LogP contribution in [-0.4, -0.2) is 30.2 Å². The first-order chi connectivity index (χ1) is 12.1. The number of ether oxygens (including phenoxy) is 1. The molecule has 1 saturated heterocycles. The Kier molecular flexibility index (Phi) is 3.42. The second kappa shape index (κ2) is 5.46. The average molecular weight is 356 g/mol. The van der Waals surface area contributed by atoms with E-state index in [1.165, 1.54) is 53.8 Å². The van der Waals surface area contributed by atoms with Gasteiger partial charge in [-0.15, -0.1) is 0 Å². The molecular weight excluding hydrogens is 332 g/mol. The number of fused-ring (bicyclic) bond motifs is 5. The summed E-state index contributed by atoms with van der Waals surface area (Å²) in [6.45, 7) is 1.20. The Bertz CT molecular complexity index is 865. The van der Waals surface area contributed by atoms with Gasteiger partial charge < -0.3 is 9.22 Å². The fraction of sp³-hybridized carbons (Fsp3) is 0.476. The van der Waals surface area contributed by atoms with Gasteiger partial charge in [0, 0.05) is 17.0 Å². The lowest BCUT2D eigenvalue weighted by molar-refractivity contribution is -0.969. The molecule has 0 amide bonds. The molecule has 1 aliphatic carbocycles. The molecule has 0 saturated carbocycles. The number of halogens is 1. The third-order valence-electron chi connectivity index (χ3n) is 6.75. The topological polar surface area (TPSA) is 22.1 Å². The van der Waals surface area contributed by atoms with Gasteiger partial charge in [0.1, 0.15) is 17.5 Å². The molecule has 4 heteroatoms. The number of quaternary nitrogens is 1. The Balaban J connectivity index is 1.83. The Hall–Kier alpha value is -1.58. The zero-order chi connectivity index (χ0) is 17.2. The zero-order valence-electron chi connectivity index (χ0n) is 14.9. The third-order valence-corrected chi connectivity index (χ3v) is 6.98. The maximum atomic E-state index is 6.32. The molecule has 1 fully saturated rings. The Morgan fingerprint density at radius 1 is 1.24 bits per heavy atom. The average Bonchev–Trinajstić information content (AvgIpc) is 2.75. The van der Waals surface area contributed by atoms with Gasteiger partial charge in [-0.1, -0.05) is 17.7 Å². The highest BCUT2D eigenvalue weighted by molar-refractivity contribution is 6.30. The van der Waals surface area contributed by atoms with Crippen molar-refractivity contribution in [1.29, 1.82) is 0 Å². The van der Waals surface area contributed by atoms with Crippen molar-refractivity contribution >= 4 is 11.6 Å². The molecule has 0 radical (unpaired) electrons.